The number of fused-ring (bicyclic) bond motifs is 2. The lowest BCUT2D eigenvalue weighted by molar-refractivity contribution is -0.130. The molecule has 0 fully saturated rings. The van der Waals surface area contributed by atoms with Crippen LogP contribution in [0.5, 0.6) is 0 Å². The van der Waals surface area contributed by atoms with Gasteiger partial charge in [0.15, 0.2) is 0 Å². The van der Waals surface area contributed by atoms with Gasteiger partial charge in [-0.3, -0.25) is 4.79 Å². The van der Waals surface area contributed by atoms with E-state index in [-0.39, 0.29) is 11.9 Å². The molecule has 1 amide bonds. The smallest absolute Gasteiger partial charge is 0.240 e. The van der Waals surface area contributed by atoms with Crippen LogP contribution in [0.4, 0.5) is 0 Å². The third-order valence-corrected chi connectivity index (χ3v) is 5.76. The van der Waals surface area contributed by atoms with Crippen molar-refractivity contribution in [3.63, 3.8) is 0 Å². The Morgan fingerprint density at radius 3 is 2.07 bits per heavy atom. The van der Waals surface area contributed by atoms with Crippen LogP contribution in [0.2, 0.25) is 0 Å². The van der Waals surface area contributed by atoms with Crippen molar-refractivity contribution >= 4 is 33.2 Å². The maximum Gasteiger partial charge on any atom is 0.240 e. The summed E-state index contributed by atoms with van der Waals surface area (Å²) in [5.41, 5.74) is 4.43. The minimum Gasteiger partial charge on any atom is -0.273 e. The van der Waals surface area contributed by atoms with E-state index in [0.717, 1.165) is 11.3 Å². The molecule has 3 heteroatoms. The Morgan fingerprint density at radius 1 is 0.897 bits per heavy atom. The van der Waals surface area contributed by atoms with Gasteiger partial charge in [-0.15, -0.1) is 0 Å². The number of hydrazone groups is 1. The second-order valence-electron chi connectivity index (χ2n) is 7.73. The van der Waals surface area contributed by atoms with E-state index in [2.05, 4.69) is 85.8 Å². The summed E-state index contributed by atoms with van der Waals surface area (Å²) in [5.74, 6) is -0.0332. The predicted octanol–water partition coefficient (Wildman–Crippen LogP) is 6.00. The molecule has 0 bridgehead atoms. The van der Waals surface area contributed by atoms with Gasteiger partial charge in [-0.2, -0.15) is 5.10 Å². The normalized spacial score (nSPS) is 16.4. The summed E-state index contributed by atoms with van der Waals surface area (Å²) in [6.07, 6.45) is 0.709. The Hall–Kier alpha value is -3.46. The highest BCUT2D eigenvalue weighted by Gasteiger charge is 2.33. The molecule has 1 unspecified atom stereocenters. The van der Waals surface area contributed by atoms with Gasteiger partial charge in [0.1, 0.15) is 0 Å². The van der Waals surface area contributed by atoms with E-state index in [1.54, 1.807) is 11.9 Å². The van der Waals surface area contributed by atoms with E-state index in [0.29, 0.717) is 6.42 Å². The lowest BCUT2D eigenvalue weighted by Crippen LogP contribution is -2.24. The average Bonchev–Trinajstić information content (AvgIpc) is 3.18. The molecule has 142 valence electrons. The molecule has 3 nitrogen and oxygen atoms in total. The Morgan fingerprint density at radius 2 is 1.48 bits per heavy atom. The van der Waals surface area contributed by atoms with Crippen molar-refractivity contribution in [1.29, 1.82) is 0 Å². The number of aryl methyl sites for hydroxylation is 1. The number of carbonyl (C=O) groups is 1. The zero-order valence-electron chi connectivity index (χ0n) is 16.6. The lowest BCUT2D eigenvalue weighted by Gasteiger charge is -2.24. The molecule has 0 N–H and O–H groups in total. The maximum atomic E-state index is 12.6. The van der Waals surface area contributed by atoms with Gasteiger partial charge in [0.25, 0.3) is 0 Å². The monoisotopic (exact) mass is 378 g/mol. The topological polar surface area (TPSA) is 32.7 Å². The predicted molar refractivity (Wildman–Crippen MR) is 119 cm³/mol. The van der Waals surface area contributed by atoms with Crippen molar-refractivity contribution in [2.45, 2.75) is 26.3 Å². The van der Waals surface area contributed by atoms with Crippen molar-refractivity contribution in [3.8, 4) is 0 Å². The van der Waals surface area contributed by atoms with Crippen LogP contribution >= 0.6 is 0 Å². The molecular weight excluding hydrogens is 356 g/mol. The summed E-state index contributed by atoms with van der Waals surface area (Å²) in [6.45, 7) is 3.68. The summed E-state index contributed by atoms with van der Waals surface area (Å²) >= 11 is 0. The van der Waals surface area contributed by atoms with Gasteiger partial charge in [-0.25, -0.2) is 5.01 Å². The van der Waals surface area contributed by atoms with Crippen LogP contribution in [0, 0.1) is 6.92 Å². The second-order valence-corrected chi connectivity index (χ2v) is 7.73. The molecule has 4 aromatic rings. The number of carbonyl (C=O) groups excluding carboxylic acids is 1. The first-order valence-electron chi connectivity index (χ1n) is 9.96. The van der Waals surface area contributed by atoms with Crippen molar-refractivity contribution in [3.05, 3.63) is 95.6 Å². The number of rotatable bonds is 2. The molecular formula is C26H22N2O. The van der Waals surface area contributed by atoms with Crippen LogP contribution in [0.15, 0.2) is 84.0 Å². The molecule has 1 aliphatic rings. The first-order chi connectivity index (χ1) is 14.1. The van der Waals surface area contributed by atoms with E-state index in [1.807, 2.05) is 0 Å². The Bertz CT molecular complexity index is 1220. The van der Waals surface area contributed by atoms with Crippen LogP contribution in [-0.4, -0.2) is 16.6 Å². The molecule has 0 radical (unpaired) electrons. The van der Waals surface area contributed by atoms with Crippen molar-refractivity contribution in [1.82, 2.24) is 5.01 Å². The standard InChI is InChI=1S/C26H22N2O/c1-17-11-13-19(14-12-17)24-16-25(28(27-24)18(2)29)26-22-9-5-3-7-20(22)15-21-8-4-6-10-23(21)26/h3-15,25H,16H2,1-2H3. The first-order valence-corrected chi connectivity index (χ1v) is 9.96. The molecule has 0 saturated heterocycles. The third-order valence-electron chi connectivity index (χ3n) is 5.76. The fourth-order valence-electron chi connectivity index (χ4n) is 4.35. The molecule has 0 aliphatic carbocycles. The number of hydrogen-bond acceptors (Lipinski definition) is 2. The Kier molecular flexibility index (Phi) is 4.17. The quantitative estimate of drug-likeness (QED) is 0.394. The number of amides is 1. The number of benzene rings is 4. The van der Waals surface area contributed by atoms with Crippen LogP contribution < -0.4 is 0 Å². The maximum absolute atomic E-state index is 12.6. The molecule has 29 heavy (non-hydrogen) atoms. The fraction of sp³-hybridized carbons (Fsp3) is 0.154. The summed E-state index contributed by atoms with van der Waals surface area (Å²) in [6, 6.07) is 27.3. The summed E-state index contributed by atoms with van der Waals surface area (Å²) in [5, 5.41) is 11.2. The van der Waals surface area contributed by atoms with Crippen molar-refractivity contribution in [2.24, 2.45) is 5.10 Å². The Balaban J connectivity index is 1.71. The minimum absolute atomic E-state index is 0.0332. The van der Waals surface area contributed by atoms with E-state index < -0.39 is 0 Å². The molecule has 5 rings (SSSR count). The van der Waals surface area contributed by atoms with Crippen molar-refractivity contribution < 1.29 is 4.79 Å². The molecule has 1 heterocycles. The van der Waals surface area contributed by atoms with Crippen molar-refractivity contribution in [2.75, 3.05) is 0 Å². The summed E-state index contributed by atoms with van der Waals surface area (Å²) in [7, 11) is 0. The number of hydrogen-bond donors (Lipinski definition) is 0. The van der Waals surface area contributed by atoms with Gasteiger partial charge < -0.3 is 0 Å². The lowest BCUT2D eigenvalue weighted by atomic mass is 9.89. The second kappa shape index (κ2) is 6.85. The van der Waals surface area contributed by atoms with Gasteiger partial charge in [0.2, 0.25) is 5.91 Å². The molecule has 0 saturated carbocycles. The zero-order chi connectivity index (χ0) is 20.0. The fourth-order valence-corrected chi connectivity index (χ4v) is 4.35. The highest BCUT2D eigenvalue weighted by Crippen LogP contribution is 2.40. The van der Waals surface area contributed by atoms with Gasteiger partial charge in [0, 0.05) is 13.3 Å². The Labute approximate surface area is 170 Å². The van der Waals surface area contributed by atoms with Crippen LogP contribution in [0.25, 0.3) is 21.5 Å². The molecule has 0 spiro atoms. The molecule has 4 aromatic carbocycles. The van der Waals surface area contributed by atoms with Crippen LogP contribution in [0.3, 0.4) is 0 Å². The van der Waals surface area contributed by atoms with E-state index in [1.165, 1.54) is 32.7 Å². The molecule has 1 aliphatic heterocycles. The van der Waals surface area contributed by atoms with Crippen LogP contribution in [-0.2, 0) is 4.79 Å². The molecule has 1 atom stereocenters. The van der Waals surface area contributed by atoms with Gasteiger partial charge >= 0.3 is 0 Å². The zero-order valence-corrected chi connectivity index (χ0v) is 16.6. The van der Waals surface area contributed by atoms with E-state index in [4.69, 9.17) is 5.10 Å². The highest BCUT2D eigenvalue weighted by molar-refractivity contribution is 6.07. The average molecular weight is 378 g/mol. The van der Waals surface area contributed by atoms with E-state index >= 15 is 0 Å². The van der Waals surface area contributed by atoms with Crippen LogP contribution in [0.1, 0.15) is 36.1 Å². The highest BCUT2D eigenvalue weighted by atomic mass is 16.2. The first kappa shape index (κ1) is 17.6. The largest absolute Gasteiger partial charge is 0.273 e. The summed E-state index contributed by atoms with van der Waals surface area (Å²) < 4.78 is 0. The number of nitrogens with zero attached hydrogens (tertiary/aromatic N) is 2. The van der Waals surface area contributed by atoms with Gasteiger partial charge in [-0.1, -0.05) is 78.4 Å². The van der Waals surface area contributed by atoms with E-state index in [9.17, 15) is 4.79 Å². The SMILES string of the molecule is CC(=O)N1N=C(c2ccc(C)cc2)CC1c1c2ccccc2cc2ccccc12. The third kappa shape index (κ3) is 2.99. The minimum atomic E-state index is -0.111. The summed E-state index contributed by atoms with van der Waals surface area (Å²) in [4.78, 5) is 12.6. The van der Waals surface area contributed by atoms with Gasteiger partial charge in [0.05, 0.1) is 11.8 Å². The molecule has 0 aromatic heterocycles. The van der Waals surface area contributed by atoms with Gasteiger partial charge in [-0.05, 0) is 45.7 Å².